The van der Waals surface area contributed by atoms with E-state index in [1.54, 1.807) is 0 Å². The van der Waals surface area contributed by atoms with Crippen LogP contribution in [0, 0.1) is 0 Å². The SMILES string of the molecule is O=C(O)[C@@H](CCCBr)c1ccccc1. The summed E-state index contributed by atoms with van der Waals surface area (Å²) in [5.41, 5.74) is 0.890. The molecule has 1 atom stereocenters. The third kappa shape index (κ3) is 3.14. The molecule has 0 saturated heterocycles. The van der Waals surface area contributed by atoms with Gasteiger partial charge in [-0.2, -0.15) is 0 Å². The van der Waals surface area contributed by atoms with Crippen molar-refractivity contribution in [2.24, 2.45) is 0 Å². The van der Waals surface area contributed by atoms with Crippen molar-refractivity contribution in [3.63, 3.8) is 0 Å². The summed E-state index contributed by atoms with van der Waals surface area (Å²) < 4.78 is 0. The number of carboxylic acids is 1. The summed E-state index contributed by atoms with van der Waals surface area (Å²) in [6.45, 7) is 0. The van der Waals surface area contributed by atoms with Gasteiger partial charge in [0.15, 0.2) is 0 Å². The predicted molar refractivity (Wildman–Crippen MR) is 59.8 cm³/mol. The standard InChI is InChI=1S/C11H13BrO2/c12-8-4-7-10(11(13)14)9-5-2-1-3-6-9/h1-3,5-6,10H,4,7-8H2,(H,13,14)/t10-/m0/s1. The second kappa shape index (κ2) is 5.81. The fourth-order valence-corrected chi connectivity index (χ4v) is 1.72. The number of benzene rings is 1. The zero-order valence-corrected chi connectivity index (χ0v) is 9.40. The molecule has 0 unspecified atom stereocenters. The Kier molecular flexibility index (Phi) is 4.66. The molecule has 1 aromatic carbocycles. The minimum absolute atomic E-state index is 0.367. The monoisotopic (exact) mass is 256 g/mol. The highest BCUT2D eigenvalue weighted by molar-refractivity contribution is 9.09. The van der Waals surface area contributed by atoms with Crippen LogP contribution >= 0.6 is 15.9 Å². The van der Waals surface area contributed by atoms with E-state index in [0.717, 1.165) is 17.3 Å². The van der Waals surface area contributed by atoms with Crippen molar-refractivity contribution in [2.45, 2.75) is 18.8 Å². The Hall–Kier alpha value is -0.830. The van der Waals surface area contributed by atoms with Crippen molar-refractivity contribution in [3.8, 4) is 0 Å². The molecule has 0 aliphatic rings. The van der Waals surface area contributed by atoms with E-state index in [1.165, 1.54) is 0 Å². The van der Waals surface area contributed by atoms with Crippen LogP contribution in [-0.4, -0.2) is 16.4 Å². The van der Waals surface area contributed by atoms with Crippen LogP contribution in [0.25, 0.3) is 0 Å². The summed E-state index contributed by atoms with van der Waals surface area (Å²) in [5.74, 6) is -1.11. The van der Waals surface area contributed by atoms with E-state index in [4.69, 9.17) is 5.11 Å². The van der Waals surface area contributed by atoms with Gasteiger partial charge in [-0.3, -0.25) is 4.79 Å². The Labute approximate surface area is 92.1 Å². The molecule has 1 N–H and O–H groups in total. The molecule has 0 saturated carbocycles. The van der Waals surface area contributed by atoms with Crippen molar-refractivity contribution in [2.75, 3.05) is 5.33 Å². The summed E-state index contributed by atoms with van der Waals surface area (Å²) in [7, 11) is 0. The molecular formula is C11H13BrO2. The molecule has 1 aromatic rings. The minimum Gasteiger partial charge on any atom is -0.481 e. The topological polar surface area (TPSA) is 37.3 Å². The van der Waals surface area contributed by atoms with Crippen molar-refractivity contribution in [1.29, 1.82) is 0 Å². The molecule has 2 nitrogen and oxygen atoms in total. The molecule has 0 spiro atoms. The van der Waals surface area contributed by atoms with Crippen LogP contribution in [0.3, 0.4) is 0 Å². The molecule has 0 fully saturated rings. The predicted octanol–water partition coefficient (Wildman–Crippen LogP) is 3.03. The van der Waals surface area contributed by atoms with Crippen molar-refractivity contribution >= 4 is 21.9 Å². The van der Waals surface area contributed by atoms with Gasteiger partial charge in [0.2, 0.25) is 0 Å². The van der Waals surface area contributed by atoms with Crippen molar-refractivity contribution in [1.82, 2.24) is 0 Å². The summed E-state index contributed by atoms with van der Waals surface area (Å²) in [6.07, 6.45) is 1.57. The molecule has 0 aromatic heterocycles. The number of aliphatic carboxylic acids is 1. The zero-order valence-electron chi connectivity index (χ0n) is 7.82. The number of carbonyl (C=O) groups is 1. The molecule has 0 bridgehead atoms. The van der Waals surface area contributed by atoms with E-state index >= 15 is 0 Å². The van der Waals surface area contributed by atoms with Gasteiger partial charge in [0.25, 0.3) is 0 Å². The Bertz CT molecular complexity index is 285. The van der Waals surface area contributed by atoms with Crippen LogP contribution in [0.5, 0.6) is 0 Å². The average Bonchev–Trinajstić information content (AvgIpc) is 2.19. The normalized spacial score (nSPS) is 12.4. The Morgan fingerprint density at radius 2 is 2.00 bits per heavy atom. The maximum atomic E-state index is 11.0. The largest absolute Gasteiger partial charge is 0.481 e. The Morgan fingerprint density at radius 3 is 2.50 bits per heavy atom. The van der Waals surface area contributed by atoms with Gasteiger partial charge < -0.3 is 5.11 Å². The van der Waals surface area contributed by atoms with Crippen LogP contribution in [0.2, 0.25) is 0 Å². The fourth-order valence-electron chi connectivity index (χ4n) is 1.40. The van der Waals surface area contributed by atoms with Gasteiger partial charge in [0.05, 0.1) is 5.92 Å². The third-order valence-corrected chi connectivity index (χ3v) is 2.69. The molecule has 0 heterocycles. The van der Waals surface area contributed by atoms with Gasteiger partial charge in [0.1, 0.15) is 0 Å². The van der Waals surface area contributed by atoms with Crippen LogP contribution in [0.4, 0.5) is 0 Å². The summed E-state index contributed by atoms with van der Waals surface area (Å²) >= 11 is 3.31. The van der Waals surface area contributed by atoms with Gasteiger partial charge in [0, 0.05) is 5.33 Å². The van der Waals surface area contributed by atoms with Crippen LogP contribution in [-0.2, 0) is 4.79 Å². The molecule has 0 amide bonds. The lowest BCUT2D eigenvalue weighted by atomic mass is 9.95. The average molecular weight is 257 g/mol. The first-order valence-electron chi connectivity index (χ1n) is 4.59. The number of carboxylic acid groups (broad SMARTS) is 1. The summed E-state index contributed by atoms with van der Waals surface area (Å²) in [5, 5.41) is 9.89. The summed E-state index contributed by atoms with van der Waals surface area (Å²) in [4.78, 5) is 11.0. The van der Waals surface area contributed by atoms with Crippen LogP contribution < -0.4 is 0 Å². The highest BCUT2D eigenvalue weighted by atomic mass is 79.9. The first-order valence-corrected chi connectivity index (χ1v) is 5.71. The van der Waals surface area contributed by atoms with E-state index in [-0.39, 0.29) is 5.92 Å². The second-order valence-electron chi connectivity index (χ2n) is 3.13. The Balaban J connectivity index is 2.73. The van der Waals surface area contributed by atoms with E-state index < -0.39 is 5.97 Å². The highest BCUT2D eigenvalue weighted by Gasteiger charge is 2.18. The first-order chi connectivity index (χ1) is 6.75. The lowest BCUT2D eigenvalue weighted by Crippen LogP contribution is -2.11. The summed E-state index contributed by atoms with van der Waals surface area (Å²) in [6, 6.07) is 9.38. The van der Waals surface area contributed by atoms with Gasteiger partial charge in [-0.15, -0.1) is 0 Å². The lowest BCUT2D eigenvalue weighted by molar-refractivity contribution is -0.139. The van der Waals surface area contributed by atoms with Gasteiger partial charge in [-0.1, -0.05) is 46.3 Å². The van der Waals surface area contributed by atoms with Crippen LogP contribution in [0.1, 0.15) is 24.3 Å². The third-order valence-electron chi connectivity index (χ3n) is 2.13. The minimum atomic E-state index is -0.739. The van der Waals surface area contributed by atoms with Crippen molar-refractivity contribution < 1.29 is 9.90 Å². The number of halogens is 1. The highest BCUT2D eigenvalue weighted by Crippen LogP contribution is 2.21. The Morgan fingerprint density at radius 1 is 1.36 bits per heavy atom. The van der Waals surface area contributed by atoms with E-state index in [2.05, 4.69) is 15.9 Å². The van der Waals surface area contributed by atoms with Crippen molar-refractivity contribution in [3.05, 3.63) is 35.9 Å². The number of alkyl halides is 1. The maximum absolute atomic E-state index is 11.0. The second-order valence-corrected chi connectivity index (χ2v) is 3.93. The molecule has 0 aliphatic carbocycles. The van der Waals surface area contributed by atoms with E-state index in [9.17, 15) is 4.79 Å². The molecule has 3 heteroatoms. The fraction of sp³-hybridized carbons (Fsp3) is 0.364. The molecule has 0 aliphatic heterocycles. The van der Waals surface area contributed by atoms with E-state index in [1.807, 2.05) is 30.3 Å². The molecule has 1 rings (SSSR count). The maximum Gasteiger partial charge on any atom is 0.310 e. The van der Waals surface area contributed by atoms with Crippen LogP contribution in [0.15, 0.2) is 30.3 Å². The zero-order chi connectivity index (χ0) is 10.4. The molecule has 76 valence electrons. The van der Waals surface area contributed by atoms with Gasteiger partial charge in [-0.05, 0) is 18.4 Å². The number of rotatable bonds is 5. The first kappa shape index (κ1) is 11.2. The van der Waals surface area contributed by atoms with Gasteiger partial charge in [-0.25, -0.2) is 0 Å². The lowest BCUT2D eigenvalue weighted by Gasteiger charge is -2.11. The van der Waals surface area contributed by atoms with Gasteiger partial charge >= 0.3 is 5.97 Å². The molecule has 14 heavy (non-hydrogen) atoms. The number of hydrogen-bond donors (Lipinski definition) is 1. The molecule has 0 radical (unpaired) electrons. The number of hydrogen-bond acceptors (Lipinski definition) is 1. The molecular weight excluding hydrogens is 244 g/mol. The smallest absolute Gasteiger partial charge is 0.310 e. The van der Waals surface area contributed by atoms with E-state index in [0.29, 0.717) is 6.42 Å². The quantitative estimate of drug-likeness (QED) is 0.823.